The number of benzene rings is 1. The fraction of sp³-hybridized carbons (Fsp3) is 0.545. The maximum atomic E-state index is 3.46. The van der Waals surface area contributed by atoms with E-state index in [-0.39, 0.29) is 0 Å². The second-order valence-electron chi connectivity index (χ2n) is 8.06. The van der Waals surface area contributed by atoms with Crippen molar-refractivity contribution >= 4 is 27.5 Å². The molecule has 1 atom stereocenters. The van der Waals surface area contributed by atoms with Crippen LogP contribution in [0.4, 0.5) is 0 Å². The Labute approximate surface area is 149 Å². The molecule has 1 aromatic carbocycles. The highest BCUT2D eigenvalue weighted by Crippen LogP contribution is 2.40. The van der Waals surface area contributed by atoms with Crippen LogP contribution < -0.4 is 5.32 Å². The molecule has 2 aromatic rings. The van der Waals surface area contributed by atoms with Gasteiger partial charge in [-0.15, -0.1) is 11.3 Å². The van der Waals surface area contributed by atoms with Crippen LogP contribution in [0.25, 0.3) is 16.2 Å². The number of hydrogen-bond donors (Lipinski definition) is 1. The first-order chi connectivity index (χ1) is 11.9. The predicted molar refractivity (Wildman–Crippen MR) is 105 cm³/mol. The van der Waals surface area contributed by atoms with Gasteiger partial charge in [-0.2, -0.15) is 0 Å². The van der Waals surface area contributed by atoms with Crippen molar-refractivity contribution in [3.63, 3.8) is 0 Å². The molecule has 1 aromatic heterocycles. The molecule has 2 aliphatic carbocycles. The molecule has 1 unspecified atom stereocenters. The minimum atomic E-state index is 0.801. The smallest absolute Gasteiger partial charge is 0.0354 e. The third-order valence-electron chi connectivity index (χ3n) is 6.31. The quantitative estimate of drug-likeness (QED) is 0.724. The van der Waals surface area contributed by atoms with Gasteiger partial charge in [0.05, 0.1) is 0 Å². The van der Waals surface area contributed by atoms with E-state index in [2.05, 4.69) is 35.7 Å². The van der Waals surface area contributed by atoms with Crippen LogP contribution in [0.2, 0.25) is 0 Å². The number of aryl methyl sites for hydroxylation is 2. The normalized spacial score (nSPS) is 29.4. The van der Waals surface area contributed by atoms with Gasteiger partial charge in [0.2, 0.25) is 0 Å². The molecule has 2 heterocycles. The van der Waals surface area contributed by atoms with E-state index in [0.29, 0.717) is 0 Å². The molecule has 5 rings (SSSR count). The van der Waals surface area contributed by atoms with Gasteiger partial charge >= 0.3 is 0 Å². The average molecular weight is 338 g/mol. The highest BCUT2D eigenvalue weighted by molar-refractivity contribution is 7.19. The fourth-order valence-corrected chi connectivity index (χ4v) is 6.16. The number of rotatable bonds is 4. The minimum Gasteiger partial charge on any atom is -0.311 e. The highest BCUT2D eigenvalue weighted by Gasteiger charge is 2.27. The third kappa shape index (κ3) is 2.95. The summed E-state index contributed by atoms with van der Waals surface area (Å²) >= 11 is 2.03. The molecule has 0 bridgehead atoms. The van der Waals surface area contributed by atoms with Gasteiger partial charge in [0.1, 0.15) is 0 Å². The van der Waals surface area contributed by atoms with Crippen molar-refractivity contribution in [1.82, 2.24) is 5.32 Å². The number of thiophene rings is 1. The Kier molecular flexibility index (Phi) is 3.99. The van der Waals surface area contributed by atoms with Crippen LogP contribution >= 0.6 is 11.3 Å². The lowest BCUT2D eigenvalue weighted by Crippen LogP contribution is -2.15. The summed E-state index contributed by atoms with van der Waals surface area (Å²) in [7, 11) is 0. The molecule has 0 amide bonds. The van der Waals surface area contributed by atoms with E-state index in [1.165, 1.54) is 68.2 Å². The van der Waals surface area contributed by atoms with Gasteiger partial charge < -0.3 is 5.32 Å². The van der Waals surface area contributed by atoms with Crippen LogP contribution in [-0.4, -0.2) is 12.6 Å². The maximum absolute atomic E-state index is 3.46. The molecular weight excluding hydrogens is 310 g/mol. The van der Waals surface area contributed by atoms with E-state index in [0.717, 1.165) is 17.9 Å². The number of hydrogen-bond acceptors (Lipinski definition) is 2. The van der Waals surface area contributed by atoms with Crippen LogP contribution in [0.5, 0.6) is 0 Å². The van der Waals surface area contributed by atoms with Gasteiger partial charge in [0.15, 0.2) is 0 Å². The lowest BCUT2D eigenvalue weighted by molar-refractivity contribution is 0.295. The minimum absolute atomic E-state index is 0.801. The lowest BCUT2D eigenvalue weighted by atomic mass is 9.79. The summed E-state index contributed by atoms with van der Waals surface area (Å²) < 4.78 is 1.50. The van der Waals surface area contributed by atoms with Crippen molar-refractivity contribution in [2.75, 3.05) is 6.54 Å². The SMILES string of the molecule is C(=CC1CCC(CC2CN2)CC1)c1cccc2sc3c(c12)CCC3. The Balaban J connectivity index is 1.31. The van der Waals surface area contributed by atoms with E-state index in [4.69, 9.17) is 0 Å². The molecule has 1 N–H and O–H groups in total. The Morgan fingerprint density at radius 3 is 2.83 bits per heavy atom. The number of nitrogens with one attached hydrogen (secondary N) is 1. The fourth-order valence-electron chi connectivity index (χ4n) is 4.83. The Hall–Kier alpha value is -1.12. The summed E-state index contributed by atoms with van der Waals surface area (Å²) in [5.74, 6) is 1.79. The van der Waals surface area contributed by atoms with Crippen molar-refractivity contribution in [3.8, 4) is 0 Å². The van der Waals surface area contributed by atoms with Crippen molar-refractivity contribution in [3.05, 3.63) is 40.3 Å². The van der Waals surface area contributed by atoms with Crippen LogP contribution in [0.3, 0.4) is 0 Å². The predicted octanol–water partition coefficient (Wildman–Crippen LogP) is 5.57. The van der Waals surface area contributed by atoms with E-state index in [1.807, 2.05) is 11.3 Å². The van der Waals surface area contributed by atoms with Crippen molar-refractivity contribution in [2.24, 2.45) is 11.8 Å². The molecule has 0 spiro atoms. The first-order valence-corrected chi connectivity index (χ1v) is 10.6. The summed E-state index contributed by atoms with van der Waals surface area (Å²) in [6.45, 7) is 1.27. The van der Waals surface area contributed by atoms with Crippen LogP contribution in [-0.2, 0) is 12.8 Å². The second kappa shape index (κ2) is 6.31. The van der Waals surface area contributed by atoms with E-state index in [1.54, 1.807) is 15.8 Å². The Bertz CT molecular complexity index is 760. The largest absolute Gasteiger partial charge is 0.311 e. The van der Waals surface area contributed by atoms with Gasteiger partial charge in [0, 0.05) is 27.5 Å². The standard InChI is InChI=1S/C22H27NS/c1-3-17(22-19-4-2-5-20(19)24-21(22)6-1)12-11-15-7-9-16(10-8-15)13-18-14-23-18/h1,3,6,11-12,15-16,18,23H,2,4-5,7-10,13-14H2. The molecule has 0 radical (unpaired) electrons. The van der Waals surface area contributed by atoms with E-state index < -0.39 is 0 Å². The van der Waals surface area contributed by atoms with Crippen molar-refractivity contribution in [1.29, 1.82) is 0 Å². The Morgan fingerprint density at radius 1 is 1.12 bits per heavy atom. The van der Waals surface area contributed by atoms with Crippen LogP contribution in [0.1, 0.15) is 54.5 Å². The zero-order chi connectivity index (χ0) is 15.9. The first-order valence-electron chi connectivity index (χ1n) is 9.81. The summed E-state index contributed by atoms with van der Waals surface area (Å²) in [5.41, 5.74) is 3.13. The number of allylic oxidation sites excluding steroid dienone is 1. The molecule has 1 nitrogen and oxygen atoms in total. The first kappa shape index (κ1) is 15.2. The van der Waals surface area contributed by atoms with Crippen molar-refractivity contribution < 1.29 is 0 Å². The van der Waals surface area contributed by atoms with Gasteiger partial charge in [0.25, 0.3) is 0 Å². The monoisotopic (exact) mass is 337 g/mol. The molecule has 3 aliphatic rings. The zero-order valence-electron chi connectivity index (χ0n) is 14.4. The molecule has 2 fully saturated rings. The summed E-state index contributed by atoms with van der Waals surface area (Å²) in [6, 6.07) is 7.74. The molecule has 1 aliphatic heterocycles. The molecule has 1 saturated carbocycles. The summed E-state index contributed by atoms with van der Waals surface area (Å²) in [4.78, 5) is 1.65. The van der Waals surface area contributed by atoms with Gasteiger partial charge in [-0.1, -0.05) is 24.3 Å². The Morgan fingerprint density at radius 2 is 2.00 bits per heavy atom. The zero-order valence-corrected chi connectivity index (χ0v) is 15.2. The van der Waals surface area contributed by atoms with E-state index in [9.17, 15) is 0 Å². The van der Waals surface area contributed by atoms with Gasteiger partial charge in [-0.25, -0.2) is 0 Å². The number of fused-ring (bicyclic) bond motifs is 3. The molecule has 24 heavy (non-hydrogen) atoms. The second-order valence-corrected chi connectivity index (χ2v) is 9.20. The lowest BCUT2D eigenvalue weighted by Gasteiger charge is -2.26. The average Bonchev–Trinajstić information content (AvgIpc) is 3.17. The molecule has 1 saturated heterocycles. The van der Waals surface area contributed by atoms with Crippen LogP contribution in [0.15, 0.2) is 24.3 Å². The molecule has 126 valence electrons. The summed E-state index contributed by atoms with van der Waals surface area (Å²) in [5, 5.41) is 5.03. The maximum Gasteiger partial charge on any atom is 0.0354 e. The topological polar surface area (TPSA) is 21.9 Å². The highest BCUT2D eigenvalue weighted by atomic mass is 32.1. The van der Waals surface area contributed by atoms with E-state index >= 15 is 0 Å². The van der Waals surface area contributed by atoms with Crippen molar-refractivity contribution in [2.45, 2.75) is 57.4 Å². The van der Waals surface area contributed by atoms with Gasteiger partial charge in [-0.3, -0.25) is 0 Å². The van der Waals surface area contributed by atoms with Gasteiger partial charge in [-0.05, 0) is 80.4 Å². The summed E-state index contributed by atoms with van der Waals surface area (Å²) in [6.07, 6.45) is 16.0. The van der Waals surface area contributed by atoms with Crippen LogP contribution in [0, 0.1) is 11.8 Å². The molecular formula is C22H27NS. The molecule has 2 heteroatoms. The third-order valence-corrected chi connectivity index (χ3v) is 7.57.